The average Bonchev–Trinajstić information content (AvgIpc) is 2.44. The van der Waals surface area contributed by atoms with Crippen LogP contribution in [0.4, 0.5) is 5.69 Å². The van der Waals surface area contributed by atoms with Gasteiger partial charge in [-0.2, -0.15) is 0 Å². The van der Waals surface area contributed by atoms with E-state index in [0.29, 0.717) is 23.9 Å². The summed E-state index contributed by atoms with van der Waals surface area (Å²) in [6.45, 7) is 7.66. The van der Waals surface area contributed by atoms with Gasteiger partial charge in [0.05, 0.1) is 17.6 Å². The Kier molecular flexibility index (Phi) is 4.80. The van der Waals surface area contributed by atoms with Crippen LogP contribution in [-0.2, 0) is 5.41 Å². The molecule has 0 amide bonds. The van der Waals surface area contributed by atoms with Gasteiger partial charge in [-0.1, -0.05) is 44.5 Å². The highest BCUT2D eigenvalue weighted by atomic mass is 35.5. The smallest absolute Gasteiger partial charge is 0.159 e. The number of rotatable bonds is 4. The molecule has 0 unspecified atom stereocenters. The number of nitrogens with two attached hydrogens (primary N) is 1. The predicted octanol–water partition coefficient (Wildman–Crippen LogP) is 3.47. The maximum atomic E-state index is 6.04. The van der Waals surface area contributed by atoms with Crippen molar-refractivity contribution in [2.75, 3.05) is 18.4 Å². The summed E-state index contributed by atoms with van der Waals surface area (Å²) in [5.74, 6) is 0.681. The van der Waals surface area contributed by atoms with Crippen LogP contribution in [-0.4, -0.2) is 23.1 Å². The quantitative estimate of drug-likeness (QED) is 0.908. The number of hydrogen-bond acceptors (Lipinski definition) is 4. The summed E-state index contributed by atoms with van der Waals surface area (Å²) in [6.07, 6.45) is 1.82. The van der Waals surface area contributed by atoms with Crippen molar-refractivity contribution in [3.63, 3.8) is 0 Å². The minimum absolute atomic E-state index is 0.0901. The van der Waals surface area contributed by atoms with Crippen LogP contribution in [0, 0.1) is 0 Å². The number of benzene rings is 1. The summed E-state index contributed by atoms with van der Waals surface area (Å²) in [5, 5.41) is 3.96. The van der Waals surface area contributed by atoms with E-state index in [1.54, 1.807) is 0 Å². The molecule has 5 heteroatoms. The van der Waals surface area contributed by atoms with E-state index in [-0.39, 0.29) is 5.41 Å². The molecule has 0 spiro atoms. The van der Waals surface area contributed by atoms with E-state index >= 15 is 0 Å². The van der Waals surface area contributed by atoms with Gasteiger partial charge in [-0.05, 0) is 12.1 Å². The van der Waals surface area contributed by atoms with E-state index in [2.05, 4.69) is 31.1 Å². The third kappa shape index (κ3) is 3.93. The van der Waals surface area contributed by atoms with Crippen LogP contribution in [0.3, 0.4) is 0 Å². The summed E-state index contributed by atoms with van der Waals surface area (Å²) < 4.78 is 0. The molecule has 0 aliphatic rings. The summed E-state index contributed by atoms with van der Waals surface area (Å²) in [6, 6.07) is 7.57. The molecule has 0 bridgehead atoms. The predicted molar refractivity (Wildman–Crippen MR) is 88.7 cm³/mol. The van der Waals surface area contributed by atoms with E-state index in [1.807, 2.05) is 30.5 Å². The molecule has 0 fully saturated rings. The SMILES string of the molecule is CC(C)(C)c1nc(-c2cccc(Cl)c2)ncc1NCCN. The molecule has 2 aromatic rings. The first-order valence-corrected chi connectivity index (χ1v) is 7.37. The number of nitrogens with zero attached hydrogens (tertiary/aromatic N) is 2. The zero-order valence-electron chi connectivity index (χ0n) is 12.7. The third-order valence-corrected chi connectivity index (χ3v) is 3.28. The fraction of sp³-hybridized carbons (Fsp3) is 0.375. The highest BCUT2D eigenvalue weighted by molar-refractivity contribution is 6.30. The summed E-state index contributed by atoms with van der Waals surface area (Å²) in [7, 11) is 0. The van der Waals surface area contributed by atoms with Gasteiger partial charge in [0.15, 0.2) is 5.82 Å². The molecule has 0 aliphatic carbocycles. The Labute approximate surface area is 130 Å². The number of hydrogen-bond donors (Lipinski definition) is 2. The van der Waals surface area contributed by atoms with Gasteiger partial charge >= 0.3 is 0 Å². The highest BCUT2D eigenvalue weighted by Crippen LogP contribution is 2.29. The van der Waals surface area contributed by atoms with Crippen LogP contribution in [0.1, 0.15) is 26.5 Å². The maximum Gasteiger partial charge on any atom is 0.159 e. The lowest BCUT2D eigenvalue weighted by atomic mass is 9.90. The van der Waals surface area contributed by atoms with E-state index in [9.17, 15) is 0 Å². The van der Waals surface area contributed by atoms with Crippen LogP contribution in [0.5, 0.6) is 0 Å². The van der Waals surface area contributed by atoms with Gasteiger partial charge in [-0.3, -0.25) is 0 Å². The van der Waals surface area contributed by atoms with Crippen molar-refractivity contribution >= 4 is 17.3 Å². The molecular formula is C16H21ClN4. The minimum Gasteiger partial charge on any atom is -0.381 e. The molecule has 0 saturated heterocycles. The van der Waals surface area contributed by atoms with Gasteiger partial charge in [0.2, 0.25) is 0 Å². The van der Waals surface area contributed by atoms with Gasteiger partial charge in [-0.15, -0.1) is 0 Å². The second kappa shape index (κ2) is 6.41. The average molecular weight is 305 g/mol. The normalized spacial score (nSPS) is 11.5. The molecule has 1 heterocycles. The summed E-state index contributed by atoms with van der Waals surface area (Å²) >= 11 is 6.04. The zero-order valence-corrected chi connectivity index (χ0v) is 13.4. The number of anilines is 1. The van der Waals surface area contributed by atoms with Crippen molar-refractivity contribution in [2.45, 2.75) is 26.2 Å². The first kappa shape index (κ1) is 15.7. The molecule has 3 N–H and O–H groups in total. The largest absolute Gasteiger partial charge is 0.381 e. The van der Waals surface area contributed by atoms with Gasteiger partial charge in [-0.25, -0.2) is 9.97 Å². The molecule has 0 atom stereocenters. The summed E-state index contributed by atoms with van der Waals surface area (Å²) in [5.41, 5.74) is 8.28. The molecular weight excluding hydrogens is 284 g/mol. The van der Waals surface area contributed by atoms with Crippen molar-refractivity contribution in [1.29, 1.82) is 0 Å². The topological polar surface area (TPSA) is 63.8 Å². The van der Waals surface area contributed by atoms with Gasteiger partial charge in [0.1, 0.15) is 0 Å². The molecule has 0 radical (unpaired) electrons. The lowest BCUT2D eigenvalue weighted by Gasteiger charge is -2.22. The van der Waals surface area contributed by atoms with E-state index < -0.39 is 0 Å². The lowest BCUT2D eigenvalue weighted by molar-refractivity contribution is 0.569. The van der Waals surface area contributed by atoms with Crippen LogP contribution in [0.2, 0.25) is 5.02 Å². The van der Waals surface area contributed by atoms with E-state index in [4.69, 9.17) is 22.3 Å². The first-order valence-electron chi connectivity index (χ1n) is 6.99. The summed E-state index contributed by atoms with van der Waals surface area (Å²) in [4.78, 5) is 9.18. The third-order valence-electron chi connectivity index (χ3n) is 3.04. The Bertz CT molecular complexity index is 620. The van der Waals surface area contributed by atoms with Crippen LogP contribution >= 0.6 is 11.6 Å². The van der Waals surface area contributed by atoms with Crippen molar-refractivity contribution < 1.29 is 0 Å². The minimum atomic E-state index is -0.0901. The van der Waals surface area contributed by atoms with Gasteiger partial charge in [0, 0.05) is 29.1 Å². The van der Waals surface area contributed by atoms with Crippen LogP contribution in [0.15, 0.2) is 30.5 Å². The highest BCUT2D eigenvalue weighted by Gasteiger charge is 2.21. The number of aromatic nitrogens is 2. The fourth-order valence-electron chi connectivity index (χ4n) is 2.06. The second-order valence-electron chi connectivity index (χ2n) is 5.93. The molecule has 4 nitrogen and oxygen atoms in total. The van der Waals surface area contributed by atoms with Crippen molar-refractivity contribution in [2.24, 2.45) is 5.73 Å². The molecule has 1 aromatic carbocycles. The van der Waals surface area contributed by atoms with Crippen molar-refractivity contribution in [3.05, 3.63) is 41.2 Å². The molecule has 0 saturated carbocycles. The van der Waals surface area contributed by atoms with Crippen molar-refractivity contribution in [1.82, 2.24) is 9.97 Å². The van der Waals surface area contributed by atoms with Crippen LogP contribution < -0.4 is 11.1 Å². The Balaban J connectivity index is 2.46. The molecule has 2 rings (SSSR count). The Morgan fingerprint density at radius 1 is 1.29 bits per heavy atom. The van der Waals surface area contributed by atoms with E-state index in [0.717, 1.165) is 16.9 Å². The Morgan fingerprint density at radius 2 is 2.05 bits per heavy atom. The van der Waals surface area contributed by atoms with Gasteiger partial charge in [0.25, 0.3) is 0 Å². The molecule has 0 aliphatic heterocycles. The number of nitrogens with one attached hydrogen (secondary N) is 1. The monoisotopic (exact) mass is 304 g/mol. The number of halogens is 1. The standard InChI is InChI=1S/C16H21ClN4/c1-16(2,3)14-13(19-8-7-18)10-20-15(21-14)11-5-4-6-12(17)9-11/h4-6,9-10,19H,7-8,18H2,1-3H3. The Hall–Kier alpha value is -1.65. The molecule has 1 aromatic heterocycles. The fourth-order valence-corrected chi connectivity index (χ4v) is 2.25. The zero-order chi connectivity index (χ0) is 15.5. The first-order chi connectivity index (χ1) is 9.91. The van der Waals surface area contributed by atoms with Crippen LogP contribution in [0.25, 0.3) is 11.4 Å². The lowest BCUT2D eigenvalue weighted by Crippen LogP contribution is -2.21. The second-order valence-corrected chi connectivity index (χ2v) is 6.37. The Morgan fingerprint density at radius 3 is 2.67 bits per heavy atom. The van der Waals surface area contributed by atoms with Gasteiger partial charge < -0.3 is 11.1 Å². The molecule has 112 valence electrons. The van der Waals surface area contributed by atoms with E-state index in [1.165, 1.54) is 0 Å². The maximum absolute atomic E-state index is 6.04. The van der Waals surface area contributed by atoms with Crippen molar-refractivity contribution in [3.8, 4) is 11.4 Å². The molecule has 21 heavy (non-hydrogen) atoms.